The molecule has 0 saturated carbocycles. The maximum absolute atomic E-state index is 12.9. The van der Waals surface area contributed by atoms with Crippen molar-refractivity contribution >= 4 is 28.7 Å². The number of carbonyl (C=O) groups excluding carboxylic acids is 2. The third-order valence-corrected chi connectivity index (χ3v) is 5.97. The summed E-state index contributed by atoms with van der Waals surface area (Å²) in [6.45, 7) is 2.73. The molecule has 0 spiro atoms. The molecule has 0 unspecified atom stereocenters. The molecular weight excluding hydrogens is 380 g/mol. The fraction of sp³-hybridized carbons (Fsp3) is 0.364. The molecule has 1 aromatic carbocycles. The first-order valence-corrected chi connectivity index (χ1v) is 10.4. The summed E-state index contributed by atoms with van der Waals surface area (Å²) in [4.78, 5) is 33.7. The Morgan fingerprint density at radius 3 is 2.77 bits per heavy atom. The van der Waals surface area contributed by atoms with E-state index in [4.69, 9.17) is 0 Å². The van der Waals surface area contributed by atoms with Crippen molar-refractivity contribution in [3.05, 3.63) is 53.3 Å². The van der Waals surface area contributed by atoms with Gasteiger partial charge in [0.2, 0.25) is 0 Å². The van der Waals surface area contributed by atoms with Crippen LogP contribution in [0.5, 0.6) is 0 Å². The van der Waals surface area contributed by atoms with Crippen LogP contribution in [0.2, 0.25) is 0 Å². The molecule has 8 heteroatoms. The molecule has 2 N–H and O–H groups in total. The third-order valence-electron chi connectivity index (χ3n) is 5.97. The predicted octanol–water partition coefficient (Wildman–Crippen LogP) is 3.17. The number of urea groups is 1. The van der Waals surface area contributed by atoms with E-state index < -0.39 is 0 Å². The number of fused-ring (bicyclic) bond motifs is 3. The number of hydrogen-bond donors (Lipinski definition) is 2. The molecule has 4 heterocycles. The number of aromatic nitrogens is 3. The molecule has 0 aliphatic carbocycles. The lowest BCUT2D eigenvalue weighted by Crippen LogP contribution is -2.39. The average molecular weight is 404 g/mol. The molecule has 1 fully saturated rings. The molecule has 1 saturated heterocycles. The number of nitrogens with zero attached hydrogens (tertiary/aromatic N) is 4. The number of rotatable bonds is 2. The lowest BCUT2D eigenvalue weighted by Gasteiger charge is -2.29. The predicted molar refractivity (Wildman–Crippen MR) is 113 cm³/mol. The van der Waals surface area contributed by atoms with Crippen LogP contribution < -0.4 is 5.32 Å². The minimum absolute atomic E-state index is 0.0351. The molecule has 0 bridgehead atoms. The first-order valence-electron chi connectivity index (χ1n) is 10.4. The van der Waals surface area contributed by atoms with Crippen molar-refractivity contribution in [2.75, 3.05) is 25.0 Å². The summed E-state index contributed by atoms with van der Waals surface area (Å²) in [7, 11) is 0. The first kappa shape index (κ1) is 18.6. The number of benzene rings is 1. The molecule has 3 amide bonds. The second-order valence-corrected chi connectivity index (χ2v) is 7.93. The number of aromatic amines is 1. The van der Waals surface area contributed by atoms with Crippen molar-refractivity contribution in [1.29, 1.82) is 0 Å². The van der Waals surface area contributed by atoms with Crippen LogP contribution in [0.15, 0.2) is 36.7 Å². The van der Waals surface area contributed by atoms with Crippen LogP contribution in [-0.4, -0.2) is 56.6 Å². The number of H-pyrrole nitrogens is 1. The van der Waals surface area contributed by atoms with Gasteiger partial charge in [-0.3, -0.25) is 9.89 Å². The Hall–Kier alpha value is -3.42. The summed E-state index contributed by atoms with van der Waals surface area (Å²) >= 11 is 0. The van der Waals surface area contributed by atoms with Crippen LogP contribution in [-0.2, 0) is 13.0 Å². The maximum atomic E-state index is 12.9. The number of amides is 3. The van der Waals surface area contributed by atoms with Crippen LogP contribution in [0.1, 0.15) is 40.7 Å². The average Bonchev–Trinajstić information content (AvgIpc) is 3.28. The summed E-state index contributed by atoms with van der Waals surface area (Å²) in [5.74, 6) is 0.0351. The zero-order chi connectivity index (χ0) is 20.5. The minimum Gasteiger partial charge on any atom is -0.339 e. The van der Waals surface area contributed by atoms with Gasteiger partial charge in [0.25, 0.3) is 5.91 Å². The lowest BCUT2D eigenvalue weighted by molar-refractivity contribution is 0.0724. The highest BCUT2D eigenvalue weighted by molar-refractivity contribution is 5.97. The number of hydrogen-bond acceptors (Lipinski definition) is 4. The highest BCUT2D eigenvalue weighted by atomic mass is 16.2. The zero-order valence-corrected chi connectivity index (χ0v) is 16.7. The van der Waals surface area contributed by atoms with Crippen LogP contribution in [0.4, 0.5) is 10.5 Å². The van der Waals surface area contributed by atoms with Gasteiger partial charge in [-0.15, -0.1) is 0 Å². The van der Waals surface area contributed by atoms with Crippen molar-refractivity contribution in [2.24, 2.45) is 0 Å². The van der Waals surface area contributed by atoms with Gasteiger partial charge in [0.05, 0.1) is 6.20 Å². The summed E-state index contributed by atoms with van der Waals surface area (Å²) in [5, 5.41) is 10.9. The molecule has 0 atom stereocenters. The van der Waals surface area contributed by atoms with Gasteiger partial charge < -0.3 is 15.1 Å². The van der Waals surface area contributed by atoms with Crippen LogP contribution in [0.25, 0.3) is 11.0 Å². The second-order valence-electron chi connectivity index (χ2n) is 7.93. The smallest absolute Gasteiger partial charge is 0.322 e. The Bertz CT molecular complexity index is 1100. The Morgan fingerprint density at radius 1 is 1.03 bits per heavy atom. The van der Waals surface area contributed by atoms with Crippen molar-refractivity contribution < 1.29 is 9.59 Å². The Kier molecular flexibility index (Phi) is 4.82. The van der Waals surface area contributed by atoms with E-state index in [2.05, 4.69) is 20.5 Å². The number of pyridine rings is 1. The summed E-state index contributed by atoms with van der Waals surface area (Å²) < 4.78 is 0. The van der Waals surface area contributed by atoms with Gasteiger partial charge in [-0.25, -0.2) is 9.78 Å². The SMILES string of the molecule is O=C(Nc1cccc(C(=O)N2CCCCC2)c1)N1CCc2c(cnc3[nH]ncc23)C1. The molecule has 8 nitrogen and oxygen atoms in total. The van der Waals surface area contributed by atoms with Crippen molar-refractivity contribution in [2.45, 2.75) is 32.2 Å². The molecule has 2 aliphatic rings. The quantitative estimate of drug-likeness (QED) is 0.686. The van der Waals surface area contributed by atoms with Gasteiger partial charge in [0, 0.05) is 49.0 Å². The van der Waals surface area contributed by atoms with Crippen LogP contribution >= 0.6 is 0 Å². The molecule has 3 aromatic rings. The molecule has 0 radical (unpaired) electrons. The minimum atomic E-state index is -0.171. The fourth-order valence-electron chi connectivity index (χ4n) is 4.34. The summed E-state index contributed by atoms with van der Waals surface area (Å²) in [6, 6.07) is 7.04. The summed E-state index contributed by atoms with van der Waals surface area (Å²) in [6.07, 6.45) is 7.65. The van der Waals surface area contributed by atoms with Gasteiger partial charge in [-0.1, -0.05) is 6.07 Å². The van der Waals surface area contributed by atoms with Gasteiger partial charge in [0.1, 0.15) is 0 Å². The third kappa shape index (κ3) is 3.49. The fourth-order valence-corrected chi connectivity index (χ4v) is 4.34. The Labute approximate surface area is 174 Å². The van der Waals surface area contributed by atoms with Crippen molar-refractivity contribution in [3.63, 3.8) is 0 Å². The number of piperidine rings is 1. The second kappa shape index (κ2) is 7.78. The van der Waals surface area contributed by atoms with Gasteiger partial charge in [-0.05, 0) is 55.0 Å². The zero-order valence-electron chi connectivity index (χ0n) is 16.7. The molecular formula is C22H24N6O2. The Morgan fingerprint density at radius 2 is 1.90 bits per heavy atom. The molecule has 154 valence electrons. The number of carbonyl (C=O) groups is 2. The van der Waals surface area contributed by atoms with E-state index in [0.29, 0.717) is 24.3 Å². The molecule has 5 rings (SSSR count). The van der Waals surface area contributed by atoms with E-state index in [-0.39, 0.29) is 11.9 Å². The number of anilines is 1. The lowest BCUT2D eigenvalue weighted by atomic mass is 9.99. The highest BCUT2D eigenvalue weighted by Crippen LogP contribution is 2.25. The van der Waals surface area contributed by atoms with E-state index in [1.165, 1.54) is 12.0 Å². The van der Waals surface area contributed by atoms with Gasteiger partial charge >= 0.3 is 6.03 Å². The summed E-state index contributed by atoms with van der Waals surface area (Å²) in [5.41, 5.74) is 4.27. The number of nitrogens with one attached hydrogen (secondary N) is 2. The van der Waals surface area contributed by atoms with Gasteiger partial charge in [0.15, 0.2) is 5.65 Å². The number of likely N-dealkylation sites (tertiary alicyclic amines) is 1. The van der Waals surface area contributed by atoms with Crippen LogP contribution in [0, 0.1) is 0 Å². The van der Waals surface area contributed by atoms with E-state index in [0.717, 1.165) is 48.9 Å². The van der Waals surface area contributed by atoms with Gasteiger partial charge in [-0.2, -0.15) is 5.10 Å². The molecule has 30 heavy (non-hydrogen) atoms. The van der Waals surface area contributed by atoms with Crippen molar-refractivity contribution in [3.8, 4) is 0 Å². The maximum Gasteiger partial charge on any atom is 0.322 e. The van der Waals surface area contributed by atoms with E-state index >= 15 is 0 Å². The molecule has 2 aromatic heterocycles. The normalized spacial score (nSPS) is 16.4. The van der Waals surface area contributed by atoms with E-state index in [1.54, 1.807) is 17.2 Å². The molecule has 2 aliphatic heterocycles. The van der Waals surface area contributed by atoms with E-state index in [9.17, 15) is 9.59 Å². The Balaban J connectivity index is 1.28. The topological polar surface area (TPSA) is 94.2 Å². The highest BCUT2D eigenvalue weighted by Gasteiger charge is 2.24. The standard InChI is InChI=1S/C22H24N6O2/c29-21(27-8-2-1-3-9-27)15-5-4-6-17(11-15)25-22(30)28-10-7-18-16(14-28)12-23-20-19(18)13-24-26-20/h4-6,11-13H,1-3,7-10,14H2,(H,25,30)(H,23,24,26). The first-order chi connectivity index (χ1) is 14.7. The monoisotopic (exact) mass is 404 g/mol. The van der Waals surface area contributed by atoms with Crippen LogP contribution in [0.3, 0.4) is 0 Å². The van der Waals surface area contributed by atoms with E-state index in [1.807, 2.05) is 29.3 Å². The largest absolute Gasteiger partial charge is 0.339 e. The van der Waals surface area contributed by atoms with Crippen molar-refractivity contribution in [1.82, 2.24) is 25.0 Å².